The van der Waals surface area contributed by atoms with Crippen molar-refractivity contribution >= 4 is 10.9 Å². The fourth-order valence-corrected chi connectivity index (χ4v) is 2.51. The average molecular weight is 229 g/mol. The van der Waals surface area contributed by atoms with Gasteiger partial charge in [-0.25, -0.2) is 4.79 Å². The van der Waals surface area contributed by atoms with Crippen LogP contribution in [0.2, 0.25) is 0 Å². The van der Waals surface area contributed by atoms with E-state index in [0.29, 0.717) is 5.92 Å². The maximum atomic E-state index is 11.6. The molecule has 0 amide bonds. The van der Waals surface area contributed by atoms with Crippen LogP contribution in [0.3, 0.4) is 0 Å². The number of aromatic nitrogens is 2. The summed E-state index contributed by atoms with van der Waals surface area (Å²) >= 11 is 0. The van der Waals surface area contributed by atoms with Crippen molar-refractivity contribution < 1.29 is 0 Å². The highest BCUT2D eigenvalue weighted by Crippen LogP contribution is 2.26. The lowest BCUT2D eigenvalue weighted by molar-refractivity contribution is 0.735. The number of nitrogens with zero attached hydrogens (tertiary/aromatic N) is 1. The number of nitrogens with one attached hydrogen (secondary N) is 2. The Morgan fingerprint density at radius 3 is 3.06 bits per heavy atom. The van der Waals surface area contributed by atoms with Crippen molar-refractivity contribution in [2.75, 3.05) is 13.1 Å². The van der Waals surface area contributed by atoms with Gasteiger partial charge in [0.25, 0.3) is 0 Å². The Kier molecular flexibility index (Phi) is 2.44. The Bertz CT molecular complexity index is 612. The highest BCUT2D eigenvalue weighted by atomic mass is 16.1. The third kappa shape index (κ3) is 1.85. The molecule has 88 valence electrons. The van der Waals surface area contributed by atoms with Gasteiger partial charge in [0, 0.05) is 23.5 Å². The summed E-state index contributed by atoms with van der Waals surface area (Å²) in [4.78, 5) is 18.5. The number of aromatic amines is 1. The summed E-state index contributed by atoms with van der Waals surface area (Å²) in [7, 11) is 0. The molecule has 0 saturated carbocycles. The molecule has 0 aliphatic carbocycles. The molecule has 1 atom stereocenters. The van der Waals surface area contributed by atoms with Crippen molar-refractivity contribution in [1.82, 2.24) is 15.3 Å². The number of hydrogen-bond acceptors (Lipinski definition) is 3. The molecule has 1 aliphatic heterocycles. The zero-order chi connectivity index (χ0) is 11.8. The maximum absolute atomic E-state index is 11.6. The van der Waals surface area contributed by atoms with Gasteiger partial charge in [0.15, 0.2) is 0 Å². The average Bonchev–Trinajstić information content (AvgIpc) is 2.82. The Labute approximate surface area is 99.1 Å². The number of hydrogen-bond donors (Lipinski definition) is 2. The first kappa shape index (κ1) is 10.5. The summed E-state index contributed by atoms with van der Waals surface area (Å²) in [5.74, 6) is 0.398. The van der Waals surface area contributed by atoms with Crippen molar-refractivity contribution in [3.8, 4) is 0 Å². The summed E-state index contributed by atoms with van der Waals surface area (Å²) in [5, 5.41) is 4.41. The van der Waals surface area contributed by atoms with Gasteiger partial charge in [0.2, 0.25) is 0 Å². The molecule has 4 nitrogen and oxygen atoms in total. The van der Waals surface area contributed by atoms with E-state index in [-0.39, 0.29) is 5.69 Å². The van der Waals surface area contributed by atoms with E-state index >= 15 is 0 Å². The summed E-state index contributed by atoms with van der Waals surface area (Å²) in [6.07, 6.45) is 1.07. The van der Waals surface area contributed by atoms with Crippen LogP contribution in [0.1, 0.15) is 23.6 Å². The molecule has 1 aromatic heterocycles. The predicted molar refractivity (Wildman–Crippen MR) is 67.3 cm³/mol. The van der Waals surface area contributed by atoms with E-state index in [1.807, 2.05) is 12.1 Å². The van der Waals surface area contributed by atoms with Crippen molar-refractivity contribution in [1.29, 1.82) is 0 Å². The van der Waals surface area contributed by atoms with E-state index in [1.165, 1.54) is 5.56 Å². The highest BCUT2D eigenvalue weighted by Gasteiger charge is 2.20. The molecule has 4 heteroatoms. The second kappa shape index (κ2) is 3.96. The molecular weight excluding hydrogens is 214 g/mol. The first-order chi connectivity index (χ1) is 8.24. The van der Waals surface area contributed by atoms with Gasteiger partial charge in [-0.2, -0.15) is 4.98 Å². The van der Waals surface area contributed by atoms with E-state index in [9.17, 15) is 4.79 Å². The monoisotopic (exact) mass is 229 g/mol. The number of H-pyrrole nitrogens is 1. The molecule has 1 unspecified atom stereocenters. The van der Waals surface area contributed by atoms with Gasteiger partial charge in [0.1, 0.15) is 0 Å². The predicted octanol–water partition coefficient (Wildman–Crippen LogP) is 1.31. The van der Waals surface area contributed by atoms with Crippen LogP contribution in [0.15, 0.2) is 23.0 Å². The smallest absolute Gasteiger partial charge is 0.316 e. The SMILES string of the molecule is Cc1ccc2nc(=O)[nH]c(C3CCNC3)c2c1. The van der Waals surface area contributed by atoms with Crippen LogP contribution in [0.25, 0.3) is 10.9 Å². The van der Waals surface area contributed by atoms with Gasteiger partial charge in [-0.1, -0.05) is 11.6 Å². The Morgan fingerprint density at radius 1 is 1.41 bits per heavy atom. The molecule has 0 spiro atoms. The number of rotatable bonds is 1. The van der Waals surface area contributed by atoms with E-state index < -0.39 is 0 Å². The quantitative estimate of drug-likeness (QED) is 0.775. The van der Waals surface area contributed by atoms with Gasteiger partial charge >= 0.3 is 5.69 Å². The molecule has 1 fully saturated rings. The van der Waals surface area contributed by atoms with E-state index in [4.69, 9.17) is 0 Å². The topological polar surface area (TPSA) is 57.8 Å². The van der Waals surface area contributed by atoms with Gasteiger partial charge in [0.05, 0.1) is 5.52 Å². The van der Waals surface area contributed by atoms with E-state index in [2.05, 4.69) is 28.3 Å². The minimum absolute atomic E-state index is 0.247. The summed E-state index contributed by atoms with van der Waals surface area (Å²) in [6, 6.07) is 6.02. The third-order valence-corrected chi connectivity index (χ3v) is 3.37. The van der Waals surface area contributed by atoms with E-state index in [1.54, 1.807) is 0 Å². The molecule has 0 bridgehead atoms. The van der Waals surface area contributed by atoms with Crippen LogP contribution in [0, 0.1) is 6.92 Å². The summed E-state index contributed by atoms with van der Waals surface area (Å²) < 4.78 is 0. The summed E-state index contributed by atoms with van der Waals surface area (Å²) in [5.41, 5.74) is 2.77. The standard InChI is InChI=1S/C13H15N3O/c1-8-2-3-11-10(6-8)12(16-13(17)15-11)9-4-5-14-7-9/h2-3,6,9,14H,4-5,7H2,1H3,(H,15,16,17). The van der Waals surface area contributed by atoms with Crippen LogP contribution in [-0.2, 0) is 0 Å². The number of aryl methyl sites for hydroxylation is 1. The van der Waals surface area contributed by atoms with Crippen LogP contribution in [0.5, 0.6) is 0 Å². The van der Waals surface area contributed by atoms with Crippen LogP contribution < -0.4 is 11.0 Å². The fourth-order valence-electron chi connectivity index (χ4n) is 2.51. The van der Waals surface area contributed by atoms with Crippen molar-refractivity contribution in [3.05, 3.63) is 39.9 Å². The molecule has 1 aliphatic rings. The zero-order valence-corrected chi connectivity index (χ0v) is 9.79. The first-order valence-corrected chi connectivity index (χ1v) is 5.95. The summed E-state index contributed by atoms with van der Waals surface area (Å²) in [6.45, 7) is 4.01. The van der Waals surface area contributed by atoms with Crippen LogP contribution >= 0.6 is 0 Å². The number of fused-ring (bicyclic) bond motifs is 1. The van der Waals surface area contributed by atoms with Crippen molar-refractivity contribution in [2.45, 2.75) is 19.3 Å². The van der Waals surface area contributed by atoms with Crippen LogP contribution in [-0.4, -0.2) is 23.1 Å². The Hall–Kier alpha value is -1.68. The molecule has 2 N–H and O–H groups in total. The third-order valence-electron chi connectivity index (χ3n) is 3.37. The lowest BCUT2D eigenvalue weighted by atomic mass is 9.99. The van der Waals surface area contributed by atoms with Gasteiger partial charge in [-0.3, -0.25) is 0 Å². The Balaban J connectivity index is 2.27. The molecule has 2 aromatic rings. The molecular formula is C13H15N3O. The normalized spacial score (nSPS) is 19.9. The molecule has 0 radical (unpaired) electrons. The molecule has 17 heavy (non-hydrogen) atoms. The molecule has 1 aromatic carbocycles. The maximum Gasteiger partial charge on any atom is 0.345 e. The van der Waals surface area contributed by atoms with Gasteiger partial charge in [-0.15, -0.1) is 0 Å². The lowest BCUT2D eigenvalue weighted by Crippen LogP contribution is -2.17. The number of benzene rings is 1. The Morgan fingerprint density at radius 2 is 2.29 bits per heavy atom. The molecule has 3 rings (SSSR count). The molecule has 2 heterocycles. The minimum Gasteiger partial charge on any atom is -0.316 e. The van der Waals surface area contributed by atoms with Crippen molar-refractivity contribution in [2.24, 2.45) is 0 Å². The van der Waals surface area contributed by atoms with Gasteiger partial charge in [-0.05, 0) is 32.0 Å². The van der Waals surface area contributed by atoms with Crippen LogP contribution in [0.4, 0.5) is 0 Å². The van der Waals surface area contributed by atoms with Crippen molar-refractivity contribution in [3.63, 3.8) is 0 Å². The largest absolute Gasteiger partial charge is 0.345 e. The minimum atomic E-state index is -0.247. The zero-order valence-electron chi connectivity index (χ0n) is 9.79. The van der Waals surface area contributed by atoms with E-state index in [0.717, 1.165) is 36.1 Å². The highest BCUT2D eigenvalue weighted by molar-refractivity contribution is 5.81. The second-order valence-corrected chi connectivity index (χ2v) is 4.67. The fraction of sp³-hybridized carbons (Fsp3) is 0.385. The first-order valence-electron chi connectivity index (χ1n) is 5.95. The lowest BCUT2D eigenvalue weighted by Gasteiger charge is -2.11. The molecule has 1 saturated heterocycles. The second-order valence-electron chi connectivity index (χ2n) is 4.67. The van der Waals surface area contributed by atoms with Gasteiger partial charge < -0.3 is 10.3 Å².